The van der Waals surface area contributed by atoms with Gasteiger partial charge in [0.15, 0.2) is 5.96 Å². The Bertz CT molecular complexity index is 513. The maximum atomic E-state index is 12.5. The van der Waals surface area contributed by atoms with Crippen molar-refractivity contribution < 1.29 is 14.3 Å². The fourth-order valence-electron chi connectivity index (χ4n) is 3.43. The van der Waals surface area contributed by atoms with Crippen molar-refractivity contribution >= 4 is 41.8 Å². The molecule has 0 aromatic rings. The zero-order valence-electron chi connectivity index (χ0n) is 16.3. The highest BCUT2D eigenvalue weighted by Crippen LogP contribution is 2.27. The normalized spacial score (nSPS) is 21.3. The molecule has 1 amide bonds. The van der Waals surface area contributed by atoms with Crippen LogP contribution < -0.4 is 10.6 Å². The third kappa shape index (κ3) is 7.28. The van der Waals surface area contributed by atoms with Crippen molar-refractivity contribution in [2.45, 2.75) is 64.5 Å². The Hall–Kier alpha value is -1.06. The Morgan fingerprint density at radius 2 is 1.85 bits per heavy atom. The van der Waals surface area contributed by atoms with Crippen LogP contribution >= 0.6 is 24.0 Å². The molecule has 2 fully saturated rings. The first-order valence-corrected chi connectivity index (χ1v) is 9.26. The summed E-state index contributed by atoms with van der Waals surface area (Å²) in [5.41, 5.74) is -0.498. The predicted molar refractivity (Wildman–Crippen MR) is 113 cm³/mol. The van der Waals surface area contributed by atoms with Crippen LogP contribution in [0.4, 0.5) is 0 Å². The van der Waals surface area contributed by atoms with Gasteiger partial charge in [0.05, 0.1) is 0 Å². The second kappa shape index (κ2) is 10.3. The van der Waals surface area contributed by atoms with Crippen LogP contribution in [0, 0.1) is 5.92 Å². The van der Waals surface area contributed by atoms with Crippen LogP contribution in [-0.2, 0) is 14.3 Å². The quantitative estimate of drug-likeness (QED) is 0.278. The molecule has 0 radical (unpaired) electrons. The van der Waals surface area contributed by atoms with Crippen molar-refractivity contribution in [3.8, 4) is 0 Å². The van der Waals surface area contributed by atoms with Crippen molar-refractivity contribution in [1.29, 1.82) is 0 Å². The Labute approximate surface area is 173 Å². The van der Waals surface area contributed by atoms with Crippen molar-refractivity contribution in [2.24, 2.45) is 10.9 Å². The third-order valence-electron chi connectivity index (χ3n) is 4.59. The molecule has 0 bridgehead atoms. The standard InChI is InChI=1S/C18H32N4O3.HI/c1-18(2,3)25-15(23)11-20-17(19-4)21-14-9-10-22(12-14)16(24)13-7-5-6-8-13;/h13-14H,5-12H2,1-4H3,(H2,19,20,21);1H. The maximum Gasteiger partial charge on any atom is 0.325 e. The first-order valence-electron chi connectivity index (χ1n) is 9.26. The van der Waals surface area contributed by atoms with Crippen LogP contribution in [0.3, 0.4) is 0 Å². The van der Waals surface area contributed by atoms with Crippen molar-refractivity contribution in [1.82, 2.24) is 15.5 Å². The largest absolute Gasteiger partial charge is 0.459 e. The second-order valence-corrected chi connectivity index (χ2v) is 7.91. The highest BCUT2D eigenvalue weighted by atomic mass is 127. The van der Waals surface area contributed by atoms with Gasteiger partial charge in [-0.2, -0.15) is 0 Å². The van der Waals surface area contributed by atoms with E-state index in [0.717, 1.165) is 25.8 Å². The van der Waals surface area contributed by atoms with E-state index in [1.807, 2.05) is 25.7 Å². The van der Waals surface area contributed by atoms with Crippen molar-refractivity contribution in [3.05, 3.63) is 0 Å². The minimum absolute atomic E-state index is 0. The Morgan fingerprint density at radius 3 is 2.42 bits per heavy atom. The summed E-state index contributed by atoms with van der Waals surface area (Å²) in [6.45, 7) is 7.07. The SMILES string of the molecule is CN=C(NCC(=O)OC(C)(C)C)NC1CCN(C(=O)C2CCCC2)C1.I. The van der Waals surface area contributed by atoms with E-state index >= 15 is 0 Å². The number of likely N-dealkylation sites (tertiary alicyclic amines) is 1. The van der Waals surface area contributed by atoms with Gasteiger partial charge >= 0.3 is 5.97 Å². The predicted octanol–water partition coefficient (Wildman–Crippen LogP) is 1.90. The van der Waals surface area contributed by atoms with Gasteiger partial charge in [0, 0.05) is 32.1 Å². The van der Waals surface area contributed by atoms with Gasteiger partial charge < -0.3 is 20.3 Å². The van der Waals surface area contributed by atoms with E-state index in [2.05, 4.69) is 15.6 Å². The zero-order chi connectivity index (χ0) is 18.4. The number of ether oxygens (including phenoxy) is 1. The van der Waals surface area contributed by atoms with E-state index in [1.54, 1.807) is 7.05 Å². The number of esters is 1. The number of hydrogen-bond donors (Lipinski definition) is 2. The summed E-state index contributed by atoms with van der Waals surface area (Å²) in [4.78, 5) is 30.4. The smallest absolute Gasteiger partial charge is 0.325 e. The molecule has 8 heteroatoms. The molecular weight excluding hydrogens is 447 g/mol. The highest BCUT2D eigenvalue weighted by Gasteiger charge is 2.32. The summed E-state index contributed by atoms with van der Waals surface area (Å²) in [7, 11) is 1.67. The highest BCUT2D eigenvalue weighted by molar-refractivity contribution is 14.0. The number of carbonyl (C=O) groups is 2. The first-order chi connectivity index (χ1) is 11.8. The zero-order valence-corrected chi connectivity index (χ0v) is 18.7. The molecule has 1 saturated carbocycles. The number of halogens is 1. The van der Waals surface area contributed by atoms with Crippen LogP contribution in [0.25, 0.3) is 0 Å². The molecule has 2 aliphatic rings. The number of aliphatic imine (C=N–C) groups is 1. The van der Waals surface area contributed by atoms with Crippen molar-refractivity contribution in [3.63, 3.8) is 0 Å². The summed E-state index contributed by atoms with van der Waals surface area (Å²) >= 11 is 0. The van der Waals surface area contributed by atoms with E-state index in [4.69, 9.17) is 4.74 Å². The van der Waals surface area contributed by atoms with Gasteiger partial charge in [0.2, 0.25) is 5.91 Å². The fourth-order valence-corrected chi connectivity index (χ4v) is 3.43. The molecule has 1 heterocycles. The van der Waals surface area contributed by atoms with E-state index in [-0.39, 0.29) is 48.5 Å². The van der Waals surface area contributed by atoms with Gasteiger partial charge in [0.1, 0.15) is 12.1 Å². The summed E-state index contributed by atoms with van der Waals surface area (Å²) in [6.07, 6.45) is 5.31. The van der Waals surface area contributed by atoms with Crippen LogP contribution in [0.5, 0.6) is 0 Å². The molecular formula is C18H33IN4O3. The van der Waals surface area contributed by atoms with Gasteiger partial charge in [0.25, 0.3) is 0 Å². The molecule has 1 aliphatic heterocycles. The number of nitrogens with zero attached hydrogens (tertiary/aromatic N) is 2. The molecule has 7 nitrogen and oxygen atoms in total. The molecule has 0 spiro atoms. The summed E-state index contributed by atoms with van der Waals surface area (Å²) in [5.74, 6) is 0.771. The van der Waals surface area contributed by atoms with E-state index < -0.39 is 5.60 Å². The second-order valence-electron chi connectivity index (χ2n) is 7.91. The molecule has 0 aromatic heterocycles. The number of carbonyl (C=O) groups excluding carboxylic acids is 2. The van der Waals surface area contributed by atoms with Crippen molar-refractivity contribution in [2.75, 3.05) is 26.7 Å². The lowest BCUT2D eigenvalue weighted by Crippen LogP contribution is -2.47. The maximum absolute atomic E-state index is 12.5. The number of amides is 1. The third-order valence-corrected chi connectivity index (χ3v) is 4.59. The molecule has 150 valence electrons. The first kappa shape index (κ1) is 23.0. The number of guanidine groups is 1. The molecule has 1 saturated heterocycles. The van der Waals surface area contributed by atoms with Crippen LogP contribution in [-0.4, -0.2) is 61.1 Å². The van der Waals surface area contributed by atoms with Gasteiger partial charge in [-0.1, -0.05) is 12.8 Å². The lowest BCUT2D eigenvalue weighted by atomic mass is 10.1. The molecule has 26 heavy (non-hydrogen) atoms. The van der Waals surface area contributed by atoms with Gasteiger partial charge in [-0.3, -0.25) is 14.6 Å². The Morgan fingerprint density at radius 1 is 1.19 bits per heavy atom. The van der Waals surface area contributed by atoms with E-state index in [1.165, 1.54) is 12.8 Å². The fraction of sp³-hybridized carbons (Fsp3) is 0.833. The number of nitrogens with one attached hydrogen (secondary N) is 2. The molecule has 1 aliphatic carbocycles. The van der Waals surface area contributed by atoms with E-state index in [9.17, 15) is 9.59 Å². The molecule has 2 rings (SSSR count). The van der Waals surface area contributed by atoms with Gasteiger partial charge in [-0.25, -0.2) is 0 Å². The Balaban J connectivity index is 0.00000338. The summed E-state index contributed by atoms with van der Waals surface area (Å²) in [6, 6.07) is 0.162. The number of hydrogen-bond acceptors (Lipinski definition) is 4. The summed E-state index contributed by atoms with van der Waals surface area (Å²) in [5, 5.41) is 6.28. The monoisotopic (exact) mass is 480 g/mol. The number of rotatable bonds is 4. The van der Waals surface area contributed by atoms with Crippen LogP contribution in [0.1, 0.15) is 52.9 Å². The molecule has 2 N–H and O–H groups in total. The Kier molecular flexibility index (Phi) is 9.12. The minimum atomic E-state index is -0.498. The van der Waals surface area contributed by atoms with Crippen LogP contribution in [0.15, 0.2) is 4.99 Å². The van der Waals surface area contributed by atoms with E-state index in [0.29, 0.717) is 18.4 Å². The lowest BCUT2D eigenvalue weighted by molar-refractivity contribution is -0.153. The molecule has 0 aromatic carbocycles. The molecule has 1 atom stereocenters. The topological polar surface area (TPSA) is 83.0 Å². The summed E-state index contributed by atoms with van der Waals surface area (Å²) < 4.78 is 5.27. The average molecular weight is 480 g/mol. The van der Waals surface area contributed by atoms with Crippen LogP contribution in [0.2, 0.25) is 0 Å². The molecule has 1 unspecified atom stereocenters. The minimum Gasteiger partial charge on any atom is -0.459 e. The van der Waals surface area contributed by atoms with Gasteiger partial charge in [-0.15, -0.1) is 24.0 Å². The average Bonchev–Trinajstić information content (AvgIpc) is 3.20. The lowest BCUT2D eigenvalue weighted by Gasteiger charge is -2.22. The van der Waals surface area contributed by atoms with Gasteiger partial charge in [-0.05, 0) is 40.0 Å².